The molecule has 2 aromatic carbocycles. The molecule has 1 aliphatic heterocycles. The van der Waals surface area contributed by atoms with Gasteiger partial charge in [-0.2, -0.15) is 10.1 Å². The van der Waals surface area contributed by atoms with Crippen LogP contribution in [0.5, 0.6) is 5.75 Å². The Bertz CT molecular complexity index is 1270. The van der Waals surface area contributed by atoms with E-state index >= 15 is 0 Å². The van der Waals surface area contributed by atoms with Crippen LogP contribution in [0, 0.1) is 0 Å². The second-order valence-electron chi connectivity index (χ2n) is 7.41. The maximum atomic E-state index is 12.7. The Hall–Kier alpha value is -3.86. The number of H-pyrrole nitrogens is 1. The van der Waals surface area contributed by atoms with Gasteiger partial charge >= 0.3 is 6.36 Å². The minimum absolute atomic E-state index is 0.313. The lowest BCUT2D eigenvalue weighted by Crippen LogP contribution is -2.37. The Morgan fingerprint density at radius 2 is 1.88 bits per heavy atom. The third-order valence-corrected chi connectivity index (χ3v) is 5.08. The Labute approximate surface area is 186 Å². The van der Waals surface area contributed by atoms with Crippen LogP contribution in [0.4, 0.5) is 30.6 Å². The van der Waals surface area contributed by atoms with Crippen molar-refractivity contribution in [2.75, 3.05) is 36.5 Å². The lowest BCUT2D eigenvalue weighted by molar-refractivity contribution is -0.274. The Kier molecular flexibility index (Phi) is 5.47. The van der Waals surface area contributed by atoms with Gasteiger partial charge in [-0.3, -0.25) is 5.10 Å². The first-order valence-electron chi connectivity index (χ1n) is 10.2. The zero-order valence-electron chi connectivity index (χ0n) is 17.3. The van der Waals surface area contributed by atoms with Gasteiger partial charge in [0.25, 0.3) is 0 Å². The highest BCUT2D eigenvalue weighted by Gasteiger charge is 2.31. The molecule has 0 radical (unpaired) electrons. The summed E-state index contributed by atoms with van der Waals surface area (Å²) in [7, 11) is 0. The normalized spacial score (nSPS) is 14.5. The molecule has 1 saturated heterocycles. The molecule has 0 aliphatic carbocycles. The molecule has 33 heavy (non-hydrogen) atoms. The van der Waals surface area contributed by atoms with Crippen LogP contribution in [0.15, 0.2) is 54.7 Å². The number of nitrogens with zero attached hydrogens (tertiary/aromatic N) is 4. The van der Waals surface area contributed by atoms with Gasteiger partial charge in [-0.05, 0) is 30.3 Å². The largest absolute Gasteiger partial charge is 0.573 e. The fourth-order valence-electron chi connectivity index (χ4n) is 3.57. The summed E-state index contributed by atoms with van der Waals surface area (Å²) in [6, 6.07) is 13.1. The number of aromatic nitrogens is 4. The molecule has 11 heteroatoms. The van der Waals surface area contributed by atoms with Gasteiger partial charge in [0.1, 0.15) is 11.6 Å². The summed E-state index contributed by atoms with van der Waals surface area (Å²) >= 11 is 0. The average Bonchev–Trinajstić information content (AvgIpc) is 3.26. The molecule has 4 aromatic rings. The third kappa shape index (κ3) is 4.98. The van der Waals surface area contributed by atoms with Crippen molar-refractivity contribution in [3.63, 3.8) is 0 Å². The number of anilines is 3. The number of hydrogen-bond donors (Lipinski definition) is 2. The standard InChI is InChI=1S/C22H19F3N6O2/c23-22(24,25)33-17-3-1-2-14(11-17)19-12-20(29-21(28-19)31-6-8-32-9-7-31)27-16-4-5-18-15(10-16)13-26-30-18/h1-5,10-13H,6-9H2,(H,26,30)(H,27,28,29). The van der Waals surface area contributed by atoms with Gasteiger partial charge < -0.3 is 19.7 Å². The Morgan fingerprint density at radius 1 is 1.03 bits per heavy atom. The Balaban J connectivity index is 1.52. The number of morpholine rings is 1. The highest BCUT2D eigenvalue weighted by Crippen LogP contribution is 2.30. The van der Waals surface area contributed by atoms with Gasteiger partial charge in [-0.15, -0.1) is 13.2 Å². The van der Waals surface area contributed by atoms with E-state index in [0.717, 1.165) is 16.6 Å². The van der Waals surface area contributed by atoms with Gasteiger partial charge in [0.05, 0.1) is 30.6 Å². The summed E-state index contributed by atoms with van der Waals surface area (Å²) in [6.07, 6.45) is -3.06. The fraction of sp³-hybridized carbons (Fsp3) is 0.227. The smallest absolute Gasteiger partial charge is 0.406 e. The van der Waals surface area contributed by atoms with Gasteiger partial charge in [-0.1, -0.05) is 12.1 Å². The molecular formula is C22H19F3N6O2. The van der Waals surface area contributed by atoms with Crippen LogP contribution in [-0.2, 0) is 4.74 Å². The topological polar surface area (TPSA) is 88.2 Å². The number of rotatable bonds is 5. The van der Waals surface area contributed by atoms with E-state index in [-0.39, 0.29) is 5.75 Å². The summed E-state index contributed by atoms with van der Waals surface area (Å²) in [6.45, 7) is 2.31. The van der Waals surface area contributed by atoms with E-state index in [2.05, 4.69) is 30.2 Å². The van der Waals surface area contributed by atoms with Crippen LogP contribution in [-0.4, -0.2) is 52.8 Å². The van der Waals surface area contributed by atoms with E-state index in [4.69, 9.17) is 4.74 Å². The molecule has 1 aliphatic rings. The second kappa shape index (κ2) is 8.58. The first-order chi connectivity index (χ1) is 15.9. The zero-order chi connectivity index (χ0) is 22.8. The zero-order valence-corrected chi connectivity index (χ0v) is 17.3. The lowest BCUT2D eigenvalue weighted by Gasteiger charge is -2.27. The van der Waals surface area contributed by atoms with Crippen LogP contribution in [0.25, 0.3) is 22.2 Å². The maximum Gasteiger partial charge on any atom is 0.573 e. The van der Waals surface area contributed by atoms with Crippen LogP contribution in [0.1, 0.15) is 0 Å². The predicted octanol–water partition coefficient (Wildman–Crippen LogP) is 4.50. The van der Waals surface area contributed by atoms with Crippen molar-refractivity contribution in [2.24, 2.45) is 0 Å². The molecular weight excluding hydrogens is 437 g/mol. The highest BCUT2D eigenvalue weighted by atomic mass is 19.4. The molecule has 0 saturated carbocycles. The predicted molar refractivity (Wildman–Crippen MR) is 117 cm³/mol. The average molecular weight is 456 g/mol. The van der Waals surface area contributed by atoms with Gasteiger partial charge in [0.2, 0.25) is 5.95 Å². The maximum absolute atomic E-state index is 12.7. The minimum Gasteiger partial charge on any atom is -0.406 e. The van der Waals surface area contributed by atoms with Crippen molar-refractivity contribution < 1.29 is 22.6 Å². The van der Waals surface area contributed by atoms with Crippen molar-refractivity contribution in [2.45, 2.75) is 6.36 Å². The van der Waals surface area contributed by atoms with Crippen molar-refractivity contribution in [3.8, 4) is 17.0 Å². The molecule has 0 bridgehead atoms. The number of alkyl halides is 3. The summed E-state index contributed by atoms with van der Waals surface area (Å²) in [5.74, 6) is 0.655. The molecule has 0 amide bonds. The van der Waals surface area contributed by atoms with E-state index in [1.165, 1.54) is 18.2 Å². The van der Waals surface area contributed by atoms with Crippen molar-refractivity contribution in [3.05, 3.63) is 54.7 Å². The molecule has 2 aromatic heterocycles. The molecule has 2 N–H and O–H groups in total. The first kappa shape index (κ1) is 21.0. The molecule has 0 atom stereocenters. The Morgan fingerprint density at radius 3 is 2.70 bits per heavy atom. The van der Waals surface area contributed by atoms with E-state index in [0.29, 0.717) is 49.3 Å². The van der Waals surface area contributed by atoms with E-state index < -0.39 is 6.36 Å². The van der Waals surface area contributed by atoms with E-state index in [1.807, 2.05) is 23.1 Å². The molecule has 8 nitrogen and oxygen atoms in total. The summed E-state index contributed by atoms with van der Waals surface area (Å²) in [4.78, 5) is 11.2. The van der Waals surface area contributed by atoms with Crippen LogP contribution < -0.4 is 15.0 Å². The SMILES string of the molecule is FC(F)(F)Oc1cccc(-c2cc(Nc3ccc4[nH]ncc4c3)nc(N3CCOCC3)n2)c1. The fourth-order valence-corrected chi connectivity index (χ4v) is 3.57. The number of ether oxygens (including phenoxy) is 2. The number of benzene rings is 2. The van der Waals surface area contributed by atoms with Crippen molar-refractivity contribution >= 4 is 28.4 Å². The van der Waals surface area contributed by atoms with E-state index in [9.17, 15) is 13.2 Å². The van der Waals surface area contributed by atoms with Gasteiger partial charge in [-0.25, -0.2) is 4.98 Å². The van der Waals surface area contributed by atoms with Crippen molar-refractivity contribution in [1.29, 1.82) is 0 Å². The summed E-state index contributed by atoms with van der Waals surface area (Å²) in [5.41, 5.74) is 2.63. The summed E-state index contributed by atoms with van der Waals surface area (Å²) in [5, 5.41) is 11.1. The first-order valence-corrected chi connectivity index (χ1v) is 10.2. The number of fused-ring (bicyclic) bond motifs is 1. The highest BCUT2D eigenvalue weighted by molar-refractivity contribution is 5.83. The molecule has 1 fully saturated rings. The van der Waals surface area contributed by atoms with Crippen molar-refractivity contribution in [1.82, 2.24) is 20.2 Å². The molecule has 0 unspecified atom stereocenters. The molecule has 5 rings (SSSR count). The van der Waals surface area contributed by atoms with Gasteiger partial charge in [0.15, 0.2) is 0 Å². The number of halogens is 3. The molecule has 0 spiro atoms. The number of hydrogen-bond acceptors (Lipinski definition) is 7. The van der Waals surface area contributed by atoms with E-state index in [1.54, 1.807) is 18.3 Å². The number of aromatic amines is 1. The molecule has 170 valence electrons. The third-order valence-electron chi connectivity index (χ3n) is 5.08. The summed E-state index contributed by atoms with van der Waals surface area (Å²) < 4.78 is 47.6. The second-order valence-corrected chi connectivity index (χ2v) is 7.41. The number of nitrogens with one attached hydrogen (secondary N) is 2. The van der Waals surface area contributed by atoms with Gasteiger partial charge in [0, 0.05) is 35.8 Å². The van der Waals surface area contributed by atoms with Crippen LogP contribution in [0.3, 0.4) is 0 Å². The minimum atomic E-state index is -4.78. The van der Waals surface area contributed by atoms with Crippen LogP contribution >= 0.6 is 0 Å². The van der Waals surface area contributed by atoms with Crippen LogP contribution in [0.2, 0.25) is 0 Å². The quantitative estimate of drug-likeness (QED) is 0.457. The molecule has 3 heterocycles. The monoisotopic (exact) mass is 456 g/mol. The lowest BCUT2D eigenvalue weighted by atomic mass is 10.1.